The highest BCUT2D eigenvalue weighted by molar-refractivity contribution is 8.01. The van der Waals surface area contributed by atoms with Gasteiger partial charge in [-0.1, -0.05) is 23.1 Å². The molecule has 1 aromatic rings. The Bertz CT molecular complexity index is 809. The molecule has 3 rings (SSSR count). The minimum Gasteiger partial charge on any atom is -0.477 e. The molecule has 146 valence electrons. The fraction of sp³-hybridized carbons (Fsp3) is 0.533. The largest absolute Gasteiger partial charge is 0.477 e. The van der Waals surface area contributed by atoms with Crippen LogP contribution in [0.15, 0.2) is 15.6 Å². The Morgan fingerprint density at radius 3 is 2.74 bits per heavy atom. The van der Waals surface area contributed by atoms with E-state index in [-0.39, 0.29) is 11.7 Å². The van der Waals surface area contributed by atoms with Gasteiger partial charge in [-0.25, -0.2) is 9.59 Å². The van der Waals surface area contributed by atoms with Crippen molar-refractivity contribution in [3.05, 3.63) is 16.3 Å². The van der Waals surface area contributed by atoms with Crippen molar-refractivity contribution >= 4 is 52.8 Å². The molecule has 2 aliphatic heterocycles. The number of aryl methyl sites for hydroxylation is 1. The molecule has 1 fully saturated rings. The highest BCUT2D eigenvalue weighted by atomic mass is 32.2. The zero-order valence-corrected chi connectivity index (χ0v) is 17.3. The van der Waals surface area contributed by atoms with E-state index < -0.39 is 29.3 Å². The van der Waals surface area contributed by atoms with Crippen LogP contribution in [0.4, 0.5) is 4.79 Å². The summed E-state index contributed by atoms with van der Waals surface area (Å²) in [7, 11) is 0. The number of thioether (sulfide) groups is 2. The molecule has 0 radical (unpaired) electrons. The smallest absolute Gasteiger partial charge is 0.352 e. The molecule has 1 unspecified atom stereocenters. The SMILES string of the molecule is Cc1nnc(SCC2=C(C(=O)O)N3C(=O)C(NC(=O)NC(C)C)[C@H]3SC2)s1. The number of hydrogen-bond acceptors (Lipinski definition) is 8. The number of fused-ring (bicyclic) bond motifs is 1. The van der Waals surface area contributed by atoms with E-state index in [1.54, 1.807) is 0 Å². The lowest BCUT2D eigenvalue weighted by Crippen LogP contribution is -2.71. The number of aromatic nitrogens is 2. The summed E-state index contributed by atoms with van der Waals surface area (Å²) in [5.74, 6) is -0.642. The summed E-state index contributed by atoms with van der Waals surface area (Å²) >= 11 is 4.30. The van der Waals surface area contributed by atoms with Gasteiger partial charge in [0.25, 0.3) is 5.91 Å². The Labute approximate surface area is 168 Å². The van der Waals surface area contributed by atoms with Gasteiger partial charge in [-0.05, 0) is 26.3 Å². The maximum Gasteiger partial charge on any atom is 0.352 e. The van der Waals surface area contributed by atoms with Gasteiger partial charge in [0, 0.05) is 17.5 Å². The molecule has 2 atom stereocenters. The van der Waals surface area contributed by atoms with Crippen LogP contribution in [0, 0.1) is 6.92 Å². The van der Waals surface area contributed by atoms with Crippen molar-refractivity contribution < 1.29 is 19.5 Å². The minimum absolute atomic E-state index is 0.0137. The average Bonchev–Trinajstić information content (AvgIpc) is 3.01. The standard InChI is InChI=1S/C15H19N5O4S3/c1-6(2)16-14(24)17-9-11(21)20-10(13(22)23)8(4-25-12(9)20)5-26-15-19-18-7(3)27-15/h6,9,12H,4-5H2,1-3H3,(H,22,23)(H2,16,17,24)/t9?,12-/m1/s1. The summed E-state index contributed by atoms with van der Waals surface area (Å²) < 4.78 is 0.761. The van der Waals surface area contributed by atoms with Crippen LogP contribution in [0.25, 0.3) is 0 Å². The molecule has 1 aromatic heterocycles. The fourth-order valence-corrected chi connectivity index (χ4v) is 6.03. The molecule has 1 saturated heterocycles. The van der Waals surface area contributed by atoms with Crippen molar-refractivity contribution in [2.45, 2.75) is 42.6 Å². The van der Waals surface area contributed by atoms with Gasteiger partial charge in [-0.15, -0.1) is 22.0 Å². The number of carbonyl (C=O) groups excluding carboxylic acids is 2. The Morgan fingerprint density at radius 2 is 2.15 bits per heavy atom. The number of carboxylic acid groups (broad SMARTS) is 1. The van der Waals surface area contributed by atoms with Gasteiger partial charge >= 0.3 is 12.0 Å². The fourth-order valence-electron chi connectivity index (χ4n) is 2.73. The number of nitrogens with one attached hydrogen (secondary N) is 2. The number of β-lactam (4-membered cyclic amide) rings is 1. The van der Waals surface area contributed by atoms with Crippen LogP contribution in [-0.2, 0) is 9.59 Å². The van der Waals surface area contributed by atoms with Crippen molar-refractivity contribution in [3.63, 3.8) is 0 Å². The molecule has 0 bridgehead atoms. The number of hydrogen-bond donors (Lipinski definition) is 3. The Kier molecular flexibility index (Phi) is 5.96. The molecule has 2 aliphatic rings. The van der Waals surface area contributed by atoms with E-state index in [9.17, 15) is 19.5 Å². The van der Waals surface area contributed by atoms with Crippen molar-refractivity contribution in [2.24, 2.45) is 0 Å². The first-order valence-electron chi connectivity index (χ1n) is 8.18. The van der Waals surface area contributed by atoms with E-state index in [4.69, 9.17) is 0 Å². The number of nitrogens with zero attached hydrogens (tertiary/aromatic N) is 3. The van der Waals surface area contributed by atoms with E-state index in [1.165, 1.54) is 39.8 Å². The van der Waals surface area contributed by atoms with Crippen molar-refractivity contribution in [1.82, 2.24) is 25.7 Å². The molecule has 3 N–H and O–H groups in total. The molecule has 0 spiro atoms. The van der Waals surface area contributed by atoms with Crippen molar-refractivity contribution in [3.8, 4) is 0 Å². The summed E-state index contributed by atoms with van der Waals surface area (Å²) in [6, 6.07) is -1.21. The first kappa shape index (κ1) is 20.0. The van der Waals surface area contributed by atoms with Gasteiger partial charge < -0.3 is 15.7 Å². The molecule has 12 heteroatoms. The Morgan fingerprint density at radius 1 is 1.41 bits per heavy atom. The predicted molar refractivity (Wildman–Crippen MR) is 104 cm³/mol. The highest BCUT2D eigenvalue weighted by Crippen LogP contribution is 2.41. The molecule has 0 aliphatic carbocycles. The third kappa shape index (κ3) is 4.22. The zero-order chi connectivity index (χ0) is 19.7. The number of carboxylic acids is 1. The Balaban J connectivity index is 1.71. The lowest BCUT2D eigenvalue weighted by atomic mass is 10.0. The first-order valence-corrected chi connectivity index (χ1v) is 11.0. The summed E-state index contributed by atoms with van der Waals surface area (Å²) in [6.45, 7) is 5.49. The van der Waals surface area contributed by atoms with Crippen LogP contribution in [0.3, 0.4) is 0 Å². The van der Waals surface area contributed by atoms with Gasteiger partial charge in [-0.2, -0.15) is 0 Å². The summed E-state index contributed by atoms with van der Waals surface area (Å²) in [5.41, 5.74) is 0.680. The van der Waals surface area contributed by atoms with Crippen LogP contribution in [-0.4, -0.2) is 67.1 Å². The normalized spacial score (nSPS) is 21.8. The topological polar surface area (TPSA) is 125 Å². The maximum atomic E-state index is 12.5. The van der Waals surface area contributed by atoms with Gasteiger partial charge in [0.1, 0.15) is 22.1 Å². The number of rotatable bonds is 6. The second-order valence-corrected chi connectivity index (χ2v) is 9.80. The van der Waals surface area contributed by atoms with Gasteiger partial charge in [0.15, 0.2) is 4.34 Å². The molecule has 3 heterocycles. The van der Waals surface area contributed by atoms with Crippen molar-refractivity contribution in [2.75, 3.05) is 11.5 Å². The van der Waals surface area contributed by atoms with Gasteiger partial charge in [0.05, 0.1) is 0 Å². The minimum atomic E-state index is -1.14. The monoisotopic (exact) mass is 429 g/mol. The molecular weight excluding hydrogens is 410 g/mol. The Hall–Kier alpha value is -1.79. The van der Waals surface area contributed by atoms with E-state index >= 15 is 0 Å². The number of carbonyl (C=O) groups is 3. The molecule has 3 amide bonds. The summed E-state index contributed by atoms with van der Waals surface area (Å²) in [5, 5.41) is 23.3. The third-order valence-corrected chi connectivity index (χ3v) is 7.23. The van der Waals surface area contributed by atoms with E-state index in [2.05, 4.69) is 20.8 Å². The van der Waals surface area contributed by atoms with Crippen LogP contribution in [0.1, 0.15) is 18.9 Å². The second kappa shape index (κ2) is 8.07. The second-order valence-electron chi connectivity index (χ2n) is 6.29. The predicted octanol–water partition coefficient (Wildman–Crippen LogP) is 1.27. The molecule has 9 nitrogen and oxygen atoms in total. The average molecular weight is 430 g/mol. The van der Waals surface area contributed by atoms with E-state index in [0.29, 0.717) is 17.1 Å². The summed E-state index contributed by atoms with van der Waals surface area (Å²) in [4.78, 5) is 37.4. The number of amides is 3. The molecule has 0 aromatic carbocycles. The quantitative estimate of drug-likeness (QED) is 0.456. The number of urea groups is 1. The maximum absolute atomic E-state index is 12.5. The van der Waals surface area contributed by atoms with Gasteiger partial charge in [0.2, 0.25) is 0 Å². The van der Waals surface area contributed by atoms with Crippen LogP contribution in [0.2, 0.25) is 0 Å². The van der Waals surface area contributed by atoms with Crippen LogP contribution >= 0.6 is 34.9 Å². The van der Waals surface area contributed by atoms with Crippen LogP contribution in [0.5, 0.6) is 0 Å². The lowest BCUT2D eigenvalue weighted by Gasteiger charge is -2.49. The van der Waals surface area contributed by atoms with Crippen molar-refractivity contribution in [1.29, 1.82) is 0 Å². The van der Waals surface area contributed by atoms with E-state index in [1.807, 2.05) is 20.8 Å². The summed E-state index contributed by atoms with van der Waals surface area (Å²) in [6.07, 6.45) is 0. The van der Waals surface area contributed by atoms with Crippen LogP contribution < -0.4 is 10.6 Å². The van der Waals surface area contributed by atoms with Gasteiger partial charge in [-0.3, -0.25) is 9.69 Å². The molecule has 27 heavy (non-hydrogen) atoms. The lowest BCUT2D eigenvalue weighted by molar-refractivity contribution is -0.148. The molecule has 0 saturated carbocycles. The zero-order valence-electron chi connectivity index (χ0n) is 14.9. The molecular formula is C15H19N5O4S3. The first-order chi connectivity index (χ1) is 12.8. The van der Waals surface area contributed by atoms with E-state index in [0.717, 1.165) is 9.35 Å². The number of aliphatic carboxylic acids is 1. The highest BCUT2D eigenvalue weighted by Gasteiger charge is 2.54. The third-order valence-electron chi connectivity index (χ3n) is 3.83.